The SMILES string of the molecule is c1ccc(-n2c3ccc([Si](c4ccccc4)(c4ccccc4)c4cccc(-c5cccc([Si](c6ccccc6)(c6ccccc6)c6ccc7c(c6)n6c8ccc9c%10ccccc%10n(-c%10ccccc%10)c9c8nc6n7-c6cccc7c6sc6ccccc67)c5)c4)cc3c3ccc4c(nc5n(-c6cccc7c6sc6ccccc67)c6ccccc6n45)c32)cc1. The van der Waals surface area contributed by atoms with Crippen molar-refractivity contribution in [2.45, 2.75) is 0 Å². The summed E-state index contributed by atoms with van der Waals surface area (Å²) in [6.07, 6.45) is 0. The number of para-hydroxylation sites is 5. The zero-order chi connectivity index (χ0) is 79.9. The molecule has 122 heavy (non-hydrogen) atoms. The number of rotatable bonds is 13. The van der Waals surface area contributed by atoms with E-state index >= 15 is 0 Å². The quantitative estimate of drug-likeness (QED) is 0.0853. The van der Waals surface area contributed by atoms with Gasteiger partial charge in [-0.05, 0) is 162 Å². The van der Waals surface area contributed by atoms with Crippen molar-refractivity contribution in [2.75, 3.05) is 0 Å². The van der Waals surface area contributed by atoms with E-state index in [9.17, 15) is 0 Å². The van der Waals surface area contributed by atoms with Gasteiger partial charge in [0.1, 0.15) is 11.0 Å². The fraction of sp³-hybridized carbons (Fsp3) is 0. The van der Waals surface area contributed by atoms with Gasteiger partial charge in [-0.25, -0.2) is 9.97 Å². The molecule has 570 valence electrons. The van der Waals surface area contributed by atoms with Gasteiger partial charge < -0.3 is 9.13 Å². The Hall–Kier alpha value is -15.0. The molecule has 0 amide bonds. The van der Waals surface area contributed by atoms with Gasteiger partial charge in [0.25, 0.3) is 0 Å². The van der Waals surface area contributed by atoms with Crippen LogP contribution in [0.3, 0.4) is 0 Å². The van der Waals surface area contributed by atoms with Gasteiger partial charge in [-0.3, -0.25) is 17.9 Å². The maximum Gasteiger partial charge on any atom is 0.220 e. The Morgan fingerprint density at radius 3 is 1.04 bits per heavy atom. The minimum Gasteiger partial charge on any atom is -0.307 e. The van der Waals surface area contributed by atoms with Crippen molar-refractivity contribution in [3.63, 3.8) is 0 Å². The summed E-state index contributed by atoms with van der Waals surface area (Å²) in [6, 6.07) is 160. The van der Waals surface area contributed by atoms with E-state index < -0.39 is 16.1 Å². The molecule has 0 saturated carbocycles. The lowest BCUT2D eigenvalue weighted by Crippen LogP contribution is -2.74. The number of nitrogens with zero attached hydrogens (tertiary/aromatic N) is 8. The first-order valence-electron chi connectivity index (χ1n) is 41.7. The molecule has 26 aromatic rings. The number of aromatic nitrogens is 8. The standard InChI is InChI=1S/C110H70N8S2Si2/c1-7-33-73(34-8-1)113-91-52-22-19-47-83(91)86-61-65-97-104(105(86)113)112-110-117(99-56-30-51-89-85-49-21-26-58-102(85)120-108(89)99)95-64-60-82(70-100(95)118(97)110)122(77-41-15-5-16-42-77,78-43-17-6-18-44-78)80-46-28-32-72(68-80)71-31-27-45-79(67-71)121(75-37-11-3-12-38-75,76-39-13-4-14-40-76)81-59-63-92-90(69-81)87-62-66-96-103(106(87)114(92)74-35-9-2-10-36-74)111-109-115(96)93-53-23-24-54-94(93)116(109)98-55-29-50-88-84-48-20-25-57-101(84)119-107(88)98/h1-70H. The Kier molecular flexibility index (Phi) is 15.1. The number of fused-ring (bicyclic) bond motifs is 24. The van der Waals surface area contributed by atoms with Crippen molar-refractivity contribution in [3.05, 3.63) is 425 Å². The van der Waals surface area contributed by atoms with E-state index in [-0.39, 0.29) is 0 Å². The van der Waals surface area contributed by atoms with E-state index in [0.717, 1.165) is 117 Å². The van der Waals surface area contributed by atoms with Crippen LogP contribution in [-0.4, -0.2) is 53.2 Å². The fourth-order valence-electron chi connectivity index (χ4n) is 21.0. The van der Waals surface area contributed by atoms with Gasteiger partial charge in [-0.2, -0.15) is 0 Å². The van der Waals surface area contributed by atoms with Crippen LogP contribution in [0, 0.1) is 0 Å². The molecule has 18 aromatic carbocycles. The molecule has 12 heteroatoms. The molecule has 0 aliphatic heterocycles. The second kappa shape index (κ2) is 26.7. The van der Waals surface area contributed by atoms with Crippen LogP contribution in [0.1, 0.15) is 0 Å². The Morgan fingerprint density at radius 2 is 0.549 bits per heavy atom. The predicted octanol–water partition coefficient (Wildman–Crippen LogP) is 22.5. The number of hydrogen-bond acceptors (Lipinski definition) is 4. The van der Waals surface area contributed by atoms with Gasteiger partial charge >= 0.3 is 0 Å². The van der Waals surface area contributed by atoms with E-state index in [2.05, 4.69) is 452 Å². The highest BCUT2D eigenvalue weighted by Gasteiger charge is 2.45. The Labute approximate surface area is 710 Å². The molecule has 0 unspecified atom stereocenters. The third kappa shape index (κ3) is 9.76. The topological polar surface area (TPSA) is 54.3 Å². The average molecular weight is 1620 g/mol. The van der Waals surface area contributed by atoms with Crippen LogP contribution in [0.2, 0.25) is 0 Å². The molecule has 0 N–H and O–H groups in total. The summed E-state index contributed by atoms with van der Waals surface area (Å²) in [7, 11) is -6.68. The minimum absolute atomic E-state index is 0.864. The van der Waals surface area contributed by atoms with Crippen molar-refractivity contribution >= 4 is 220 Å². The molecule has 0 spiro atoms. The largest absolute Gasteiger partial charge is 0.307 e. The lowest BCUT2D eigenvalue weighted by Gasteiger charge is -2.35. The number of hydrogen-bond donors (Lipinski definition) is 0. The second-order valence-electron chi connectivity index (χ2n) is 32.2. The van der Waals surface area contributed by atoms with Crippen LogP contribution in [0.15, 0.2) is 425 Å². The molecule has 0 atom stereocenters. The zero-order valence-corrected chi connectivity index (χ0v) is 69.4. The molecule has 0 aliphatic rings. The molecular weight excluding hydrogens is 1550 g/mol. The fourth-order valence-corrected chi connectivity index (χ4v) is 33.0. The van der Waals surface area contributed by atoms with Crippen molar-refractivity contribution in [2.24, 2.45) is 0 Å². The highest BCUT2D eigenvalue weighted by Crippen LogP contribution is 2.46. The van der Waals surface area contributed by atoms with Crippen LogP contribution in [0.25, 0.3) is 174 Å². The molecule has 0 saturated heterocycles. The van der Waals surface area contributed by atoms with E-state index in [4.69, 9.17) is 9.97 Å². The number of imidazole rings is 4. The zero-order valence-electron chi connectivity index (χ0n) is 65.8. The maximum absolute atomic E-state index is 5.99. The number of thiophene rings is 2. The van der Waals surface area contributed by atoms with E-state index in [0.29, 0.717) is 0 Å². The summed E-state index contributed by atoms with van der Waals surface area (Å²) in [5.74, 6) is 1.74. The van der Waals surface area contributed by atoms with Crippen LogP contribution in [-0.2, 0) is 0 Å². The van der Waals surface area contributed by atoms with Gasteiger partial charge in [-0.15, -0.1) is 22.7 Å². The van der Waals surface area contributed by atoms with Gasteiger partial charge in [0.2, 0.25) is 11.6 Å². The molecule has 8 heterocycles. The average Bonchev–Trinajstić information content (AvgIpc) is 1.52. The van der Waals surface area contributed by atoms with Crippen molar-refractivity contribution in [1.82, 2.24) is 37.0 Å². The third-order valence-electron chi connectivity index (χ3n) is 26.1. The smallest absolute Gasteiger partial charge is 0.220 e. The summed E-state index contributed by atoms with van der Waals surface area (Å²) in [4.78, 5) is 11.9. The molecule has 8 nitrogen and oxygen atoms in total. The minimum atomic E-state index is -3.37. The highest BCUT2D eigenvalue weighted by atomic mass is 32.1. The molecule has 0 bridgehead atoms. The van der Waals surface area contributed by atoms with Crippen LogP contribution >= 0.6 is 22.7 Å². The number of benzene rings is 18. The van der Waals surface area contributed by atoms with Crippen molar-refractivity contribution < 1.29 is 0 Å². The van der Waals surface area contributed by atoms with Gasteiger partial charge in [0.05, 0.1) is 75.9 Å². The van der Waals surface area contributed by atoms with E-state index in [1.807, 2.05) is 22.7 Å². The van der Waals surface area contributed by atoms with Crippen molar-refractivity contribution in [1.29, 1.82) is 0 Å². The first-order valence-corrected chi connectivity index (χ1v) is 47.3. The highest BCUT2D eigenvalue weighted by molar-refractivity contribution is 7.27. The molecular formula is C110H70N8S2Si2. The summed E-state index contributed by atoms with van der Waals surface area (Å²) in [5, 5.41) is 20.0. The molecule has 0 radical (unpaired) electrons. The first-order chi connectivity index (χ1) is 60.5. The summed E-state index contributed by atoms with van der Waals surface area (Å²) < 4.78 is 19.6. The summed E-state index contributed by atoms with van der Waals surface area (Å²) in [6.45, 7) is 0. The van der Waals surface area contributed by atoms with E-state index in [1.54, 1.807) is 0 Å². The summed E-state index contributed by atoms with van der Waals surface area (Å²) >= 11 is 3.71. The Bertz CT molecular complexity index is 8700. The van der Waals surface area contributed by atoms with Gasteiger partial charge in [0.15, 0.2) is 16.1 Å². The Morgan fingerprint density at radius 1 is 0.205 bits per heavy atom. The predicted molar refractivity (Wildman–Crippen MR) is 520 cm³/mol. The van der Waals surface area contributed by atoms with E-state index in [1.165, 1.54) is 98.0 Å². The van der Waals surface area contributed by atoms with Crippen LogP contribution in [0.5, 0.6) is 0 Å². The molecule has 0 aliphatic carbocycles. The summed E-state index contributed by atoms with van der Waals surface area (Å²) in [5.41, 5.74) is 19.5. The Balaban J connectivity index is 0.688. The first kappa shape index (κ1) is 69.0. The van der Waals surface area contributed by atoms with Gasteiger partial charge in [0, 0.05) is 63.9 Å². The molecule has 8 aromatic heterocycles. The monoisotopic (exact) mass is 1620 g/mol. The van der Waals surface area contributed by atoms with Gasteiger partial charge in [-0.1, -0.05) is 315 Å². The lowest BCUT2D eigenvalue weighted by molar-refractivity contribution is 1.12. The maximum atomic E-state index is 5.99. The molecule has 26 rings (SSSR count). The second-order valence-corrected chi connectivity index (χ2v) is 42.0. The van der Waals surface area contributed by atoms with Crippen LogP contribution in [0.4, 0.5) is 0 Å². The van der Waals surface area contributed by atoms with Crippen LogP contribution < -0.4 is 41.5 Å². The molecule has 0 fully saturated rings. The lowest BCUT2D eigenvalue weighted by atomic mass is 10.1. The van der Waals surface area contributed by atoms with Crippen molar-refractivity contribution in [3.8, 4) is 33.9 Å². The normalized spacial score (nSPS) is 12.4. The third-order valence-corrected chi connectivity index (χ3v) is 38.0.